The Kier molecular flexibility index (Phi) is 2.72. The van der Waals surface area contributed by atoms with Gasteiger partial charge in [0.1, 0.15) is 11.3 Å². The summed E-state index contributed by atoms with van der Waals surface area (Å²) in [6.07, 6.45) is 1.74. The van der Waals surface area contributed by atoms with E-state index in [4.69, 9.17) is 11.5 Å². The van der Waals surface area contributed by atoms with Crippen LogP contribution in [-0.4, -0.2) is 21.5 Å². The predicted molar refractivity (Wildman–Crippen MR) is 76.0 cm³/mol. The number of nitrogen functional groups attached to an aromatic ring is 1. The van der Waals surface area contributed by atoms with Gasteiger partial charge in [0, 0.05) is 5.39 Å². The summed E-state index contributed by atoms with van der Waals surface area (Å²) >= 11 is 0. The van der Waals surface area contributed by atoms with Gasteiger partial charge >= 0.3 is 5.69 Å². The maximum atomic E-state index is 11.5. The maximum absolute atomic E-state index is 11.5. The van der Waals surface area contributed by atoms with Crippen molar-refractivity contribution in [3.8, 4) is 0 Å². The molecular formula is C13H15N5O. The number of hydrogen-bond acceptors (Lipinski definition) is 4. The summed E-state index contributed by atoms with van der Waals surface area (Å²) in [6.45, 7) is 0.631. The monoisotopic (exact) mass is 257 g/mol. The first-order valence-corrected chi connectivity index (χ1v) is 6.20. The van der Waals surface area contributed by atoms with Gasteiger partial charge in [0.2, 0.25) is 0 Å². The lowest BCUT2D eigenvalue weighted by molar-refractivity contribution is 0.837. The topological polar surface area (TPSA) is 114 Å². The number of nitrogens with one attached hydrogen (secondary N) is 2. The molecule has 6 heteroatoms. The molecule has 0 saturated carbocycles. The number of aromatic nitrogens is 3. The number of H-pyrrole nitrogens is 2. The number of pyridine rings is 1. The molecular weight excluding hydrogens is 242 g/mol. The zero-order valence-corrected chi connectivity index (χ0v) is 10.4. The second-order valence-electron chi connectivity index (χ2n) is 4.53. The number of hydrogen-bond donors (Lipinski definition) is 4. The number of fused-ring (bicyclic) bond motifs is 3. The molecule has 0 radical (unpaired) electrons. The Bertz CT molecular complexity index is 802. The first-order valence-electron chi connectivity index (χ1n) is 6.20. The van der Waals surface area contributed by atoms with Crippen molar-refractivity contribution in [2.24, 2.45) is 5.73 Å². The van der Waals surface area contributed by atoms with Gasteiger partial charge in [0.05, 0.1) is 11.0 Å². The van der Waals surface area contributed by atoms with Crippen LogP contribution in [0.1, 0.15) is 12.0 Å². The van der Waals surface area contributed by atoms with Gasteiger partial charge in [0.25, 0.3) is 0 Å². The molecule has 1 aromatic carbocycles. The number of anilines is 1. The van der Waals surface area contributed by atoms with Crippen molar-refractivity contribution in [1.29, 1.82) is 0 Å². The Labute approximate surface area is 108 Å². The number of nitrogens with zero attached hydrogens (tertiary/aromatic N) is 1. The lowest BCUT2D eigenvalue weighted by Crippen LogP contribution is -2.01. The lowest BCUT2D eigenvalue weighted by Gasteiger charge is -2.07. The molecule has 3 aromatic rings. The number of benzene rings is 1. The van der Waals surface area contributed by atoms with Crippen LogP contribution in [0.15, 0.2) is 23.0 Å². The summed E-state index contributed by atoms with van der Waals surface area (Å²) in [5.74, 6) is 0.330. The highest BCUT2D eigenvalue weighted by molar-refractivity contribution is 6.07. The minimum Gasteiger partial charge on any atom is -0.382 e. The number of nitrogens with two attached hydrogens (primary N) is 2. The number of aromatic amines is 2. The van der Waals surface area contributed by atoms with Crippen molar-refractivity contribution >= 4 is 27.8 Å². The molecule has 0 bridgehead atoms. The van der Waals surface area contributed by atoms with E-state index in [0.717, 1.165) is 34.8 Å². The van der Waals surface area contributed by atoms with Crippen LogP contribution in [0, 0.1) is 0 Å². The Hall–Kier alpha value is -2.34. The van der Waals surface area contributed by atoms with E-state index in [1.54, 1.807) is 0 Å². The fourth-order valence-electron chi connectivity index (χ4n) is 2.42. The molecule has 3 rings (SSSR count). The van der Waals surface area contributed by atoms with E-state index in [9.17, 15) is 4.79 Å². The molecule has 98 valence electrons. The molecule has 0 aliphatic carbocycles. The van der Waals surface area contributed by atoms with Gasteiger partial charge in [0.15, 0.2) is 0 Å². The number of rotatable bonds is 3. The summed E-state index contributed by atoms with van der Waals surface area (Å²) in [7, 11) is 0. The van der Waals surface area contributed by atoms with Crippen LogP contribution < -0.4 is 17.2 Å². The van der Waals surface area contributed by atoms with Crippen molar-refractivity contribution < 1.29 is 0 Å². The molecule has 0 fully saturated rings. The average Bonchev–Trinajstić information content (AvgIpc) is 2.78. The van der Waals surface area contributed by atoms with Gasteiger partial charge in [-0.1, -0.05) is 12.1 Å². The highest BCUT2D eigenvalue weighted by atomic mass is 16.1. The minimum atomic E-state index is -0.273. The molecule has 0 unspecified atom stereocenters. The Morgan fingerprint density at radius 1 is 1.21 bits per heavy atom. The van der Waals surface area contributed by atoms with Crippen molar-refractivity contribution in [3.05, 3.63) is 34.2 Å². The van der Waals surface area contributed by atoms with E-state index in [2.05, 4.69) is 15.0 Å². The van der Waals surface area contributed by atoms with E-state index in [1.165, 1.54) is 0 Å². The third-order valence-electron chi connectivity index (χ3n) is 3.25. The summed E-state index contributed by atoms with van der Waals surface area (Å²) < 4.78 is 0. The highest BCUT2D eigenvalue weighted by Crippen LogP contribution is 2.27. The van der Waals surface area contributed by atoms with Gasteiger partial charge in [-0.05, 0) is 31.0 Å². The van der Waals surface area contributed by atoms with Gasteiger partial charge in [-0.3, -0.25) is 0 Å². The molecule has 6 N–H and O–H groups in total. The second kappa shape index (κ2) is 4.40. The molecule has 2 heterocycles. The van der Waals surface area contributed by atoms with Gasteiger partial charge in [-0.15, -0.1) is 0 Å². The SMILES string of the molecule is NCCCc1cccc2nc(N)c3[nH]c(=O)[nH]c3c12. The first-order chi connectivity index (χ1) is 9.20. The van der Waals surface area contributed by atoms with Crippen molar-refractivity contribution in [3.63, 3.8) is 0 Å². The van der Waals surface area contributed by atoms with E-state index < -0.39 is 0 Å². The molecule has 0 amide bonds. The van der Waals surface area contributed by atoms with Gasteiger partial charge in [-0.25, -0.2) is 9.78 Å². The van der Waals surface area contributed by atoms with E-state index in [0.29, 0.717) is 17.9 Å². The van der Waals surface area contributed by atoms with Crippen LogP contribution in [0.3, 0.4) is 0 Å². The van der Waals surface area contributed by atoms with Gasteiger partial charge < -0.3 is 21.4 Å². The summed E-state index contributed by atoms with van der Waals surface area (Å²) in [5.41, 5.74) is 14.4. The van der Waals surface area contributed by atoms with Crippen LogP contribution in [-0.2, 0) is 6.42 Å². The first kappa shape index (κ1) is 11.7. The summed E-state index contributed by atoms with van der Waals surface area (Å²) in [5, 5.41) is 0.943. The molecule has 19 heavy (non-hydrogen) atoms. The largest absolute Gasteiger partial charge is 0.382 e. The number of aryl methyl sites for hydroxylation is 1. The van der Waals surface area contributed by atoms with E-state index in [-0.39, 0.29) is 5.69 Å². The average molecular weight is 257 g/mol. The quantitative estimate of drug-likeness (QED) is 0.557. The molecule has 0 spiro atoms. The van der Waals surface area contributed by atoms with Crippen LogP contribution in [0.5, 0.6) is 0 Å². The Morgan fingerprint density at radius 2 is 2.00 bits per heavy atom. The molecule has 0 aliphatic heterocycles. The zero-order chi connectivity index (χ0) is 13.4. The smallest absolute Gasteiger partial charge is 0.323 e. The van der Waals surface area contributed by atoms with Crippen molar-refractivity contribution in [2.45, 2.75) is 12.8 Å². The number of imidazole rings is 1. The van der Waals surface area contributed by atoms with Crippen molar-refractivity contribution in [2.75, 3.05) is 12.3 Å². The standard InChI is InChI=1S/C13H15N5O/c14-6-2-4-7-3-1-5-8-9(7)10-11(12(15)16-8)18-13(19)17-10/h1,3,5H,2,4,6,14H2,(H2,15,16)(H2,17,18,19). The third kappa shape index (κ3) is 1.86. The van der Waals surface area contributed by atoms with Gasteiger partial charge in [-0.2, -0.15) is 0 Å². The van der Waals surface area contributed by atoms with E-state index in [1.807, 2.05) is 18.2 Å². The summed E-state index contributed by atoms with van der Waals surface area (Å²) in [4.78, 5) is 21.3. The lowest BCUT2D eigenvalue weighted by atomic mass is 10.0. The molecule has 6 nitrogen and oxygen atoms in total. The normalized spacial score (nSPS) is 11.4. The molecule has 2 aromatic heterocycles. The minimum absolute atomic E-state index is 0.273. The fraction of sp³-hybridized carbons (Fsp3) is 0.231. The Morgan fingerprint density at radius 3 is 2.79 bits per heavy atom. The van der Waals surface area contributed by atoms with Crippen molar-refractivity contribution in [1.82, 2.24) is 15.0 Å². The van der Waals surface area contributed by atoms with Crippen LogP contribution in [0.4, 0.5) is 5.82 Å². The molecule has 0 aliphatic rings. The van der Waals surface area contributed by atoms with E-state index >= 15 is 0 Å². The molecule has 0 atom stereocenters. The predicted octanol–water partition coefficient (Wildman–Crippen LogP) is 0.878. The van der Waals surface area contributed by atoms with Crippen LogP contribution in [0.25, 0.3) is 21.9 Å². The third-order valence-corrected chi connectivity index (χ3v) is 3.25. The highest BCUT2D eigenvalue weighted by Gasteiger charge is 2.12. The summed E-state index contributed by atoms with van der Waals surface area (Å²) in [6, 6.07) is 5.86. The second-order valence-corrected chi connectivity index (χ2v) is 4.53. The van der Waals surface area contributed by atoms with Crippen LogP contribution in [0.2, 0.25) is 0 Å². The molecule has 0 saturated heterocycles. The van der Waals surface area contributed by atoms with Crippen LogP contribution >= 0.6 is 0 Å². The maximum Gasteiger partial charge on any atom is 0.323 e. The fourth-order valence-corrected chi connectivity index (χ4v) is 2.42. The zero-order valence-electron chi connectivity index (χ0n) is 10.4. The Balaban J connectivity index is 2.39.